The number of Topliss-reactive ketones (excluding diaryl/α,β-unsaturated/α-hetero) is 1. The van der Waals surface area contributed by atoms with Crippen molar-refractivity contribution in [3.8, 4) is 0 Å². The maximum absolute atomic E-state index is 11.6. The van der Waals surface area contributed by atoms with Crippen LogP contribution in [0.2, 0.25) is 0 Å². The molecule has 0 aromatic heterocycles. The third kappa shape index (κ3) is 2.61. The SMILES string of the molecule is CC1(C(=O)O)CCC(C(=O)O)C1(C)C.CC12CCC(CC1=O)C2(C)C. The molecule has 4 atom stereocenters. The zero-order chi connectivity index (χ0) is 19.4. The standard InChI is InChI=1S/C10H16O4.C10H16O/c1-9(2)6(7(11)12)4-5-10(9,3)8(13)14;1-9(2)7-4-5-10(9,3)8(11)6-7/h6H,4-5H2,1-3H3,(H,11,12)(H,13,14);7H,4-6H2,1-3H3. The van der Waals surface area contributed by atoms with Gasteiger partial charge in [0.25, 0.3) is 0 Å². The van der Waals surface area contributed by atoms with Crippen molar-refractivity contribution in [2.45, 2.75) is 73.6 Å². The molecule has 5 nitrogen and oxygen atoms in total. The van der Waals surface area contributed by atoms with E-state index in [1.807, 2.05) is 0 Å². The molecule has 0 amide bonds. The third-order valence-electron chi connectivity index (χ3n) is 8.48. The van der Waals surface area contributed by atoms with Crippen LogP contribution in [0.1, 0.15) is 73.6 Å². The van der Waals surface area contributed by atoms with Crippen LogP contribution in [-0.2, 0) is 14.4 Å². The zero-order valence-corrected chi connectivity index (χ0v) is 16.3. The number of hydrogen-bond acceptors (Lipinski definition) is 3. The Morgan fingerprint density at radius 1 is 0.920 bits per heavy atom. The van der Waals surface area contributed by atoms with Gasteiger partial charge in [0.1, 0.15) is 5.78 Å². The second-order valence-electron chi connectivity index (χ2n) is 9.71. The van der Waals surface area contributed by atoms with Gasteiger partial charge in [0.05, 0.1) is 11.3 Å². The molecule has 3 saturated carbocycles. The maximum atomic E-state index is 11.6. The first kappa shape index (κ1) is 19.9. The second kappa shape index (κ2) is 5.82. The summed E-state index contributed by atoms with van der Waals surface area (Å²) < 4.78 is 0. The molecule has 5 heteroatoms. The fraction of sp³-hybridized carbons (Fsp3) is 0.850. The quantitative estimate of drug-likeness (QED) is 0.784. The maximum Gasteiger partial charge on any atom is 0.309 e. The van der Waals surface area contributed by atoms with Crippen molar-refractivity contribution < 1.29 is 24.6 Å². The number of carbonyl (C=O) groups excluding carboxylic acids is 1. The Morgan fingerprint density at radius 2 is 1.48 bits per heavy atom. The van der Waals surface area contributed by atoms with Crippen molar-refractivity contribution in [3.63, 3.8) is 0 Å². The molecule has 3 fully saturated rings. The number of hydrogen-bond donors (Lipinski definition) is 2. The third-order valence-corrected chi connectivity index (χ3v) is 8.48. The zero-order valence-electron chi connectivity index (χ0n) is 16.3. The monoisotopic (exact) mass is 352 g/mol. The summed E-state index contributed by atoms with van der Waals surface area (Å²) in [6, 6.07) is 0. The van der Waals surface area contributed by atoms with Gasteiger partial charge in [-0.15, -0.1) is 0 Å². The van der Waals surface area contributed by atoms with Gasteiger partial charge >= 0.3 is 11.9 Å². The normalized spacial score (nSPS) is 40.5. The van der Waals surface area contributed by atoms with Crippen LogP contribution in [0.5, 0.6) is 0 Å². The van der Waals surface area contributed by atoms with Crippen LogP contribution in [0.4, 0.5) is 0 Å². The molecule has 3 aliphatic rings. The molecule has 0 aliphatic heterocycles. The molecule has 4 unspecified atom stereocenters. The number of carbonyl (C=O) groups is 3. The Balaban J connectivity index is 0.000000185. The number of carboxylic acids is 2. The summed E-state index contributed by atoms with van der Waals surface area (Å²) in [6.07, 6.45) is 4.14. The minimum Gasteiger partial charge on any atom is -0.481 e. The fourth-order valence-electron chi connectivity index (χ4n) is 5.22. The summed E-state index contributed by atoms with van der Waals surface area (Å²) in [7, 11) is 0. The van der Waals surface area contributed by atoms with Gasteiger partial charge in [-0.05, 0) is 49.4 Å². The van der Waals surface area contributed by atoms with Crippen LogP contribution in [0.3, 0.4) is 0 Å². The van der Waals surface area contributed by atoms with E-state index in [1.165, 1.54) is 6.42 Å². The van der Waals surface area contributed by atoms with Gasteiger partial charge in [-0.25, -0.2) is 0 Å². The molecule has 2 N–H and O–H groups in total. The van der Waals surface area contributed by atoms with Crippen LogP contribution >= 0.6 is 0 Å². The lowest BCUT2D eigenvalue weighted by Crippen LogP contribution is -2.42. The van der Waals surface area contributed by atoms with E-state index in [0.717, 1.165) is 12.8 Å². The fourth-order valence-corrected chi connectivity index (χ4v) is 5.22. The van der Waals surface area contributed by atoms with Crippen LogP contribution in [0.15, 0.2) is 0 Å². The van der Waals surface area contributed by atoms with Gasteiger partial charge in [-0.1, -0.05) is 34.6 Å². The Labute approximate surface area is 150 Å². The molecule has 25 heavy (non-hydrogen) atoms. The highest BCUT2D eigenvalue weighted by molar-refractivity contribution is 5.89. The van der Waals surface area contributed by atoms with Gasteiger partial charge in [0.15, 0.2) is 0 Å². The number of carboxylic acid groups (broad SMARTS) is 2. The molecular weight excluding hydrogens is 320 g/mol. The number of ketones is 1. The first-order chi connectivity index (χ1) is 11.2. The first-order valence-electron chi connectivity index (χ1n) is 9.21. The molecule has 0 aromatic rings. The Bertz CT molecular complexity index is 605. The van der Waals surface area contributed by atoms with Gasteiger partial charge < -0.3 is 10.2 Å². The van der Waals surface area contributed by atoms with E-state index in [2.05, 4.69) is 20.8 Å². The number of fused-ring (bicyclic) bond motifs is 2. The van der Waals surface area contributed by atoms with Crippen molar-refractivity contribution >= 4 is 17.7 Å². The van der Waals surface area contributed by atoms with E-state index >= 15 is 0 Å². The average Bonchev–Trinajstić information content (AvgIpc) is 2.92. The van der Waals surface area contributed by atoms with Crippen LogP contribution in [-0.4, -0.2) is 27.9 Å². The first-order valence-corrected chi connectivity index (χ1v) is 9.21. The van der Waals surface area contributed by atoms with Gasteiger partial charge in [0.2, 0.25) is 0 Å². The highest BCUT2D eigenvalue weighted by Crippen LogP contribution is 2.63. The van der Waals surface area contributed by atoms with Gasteiger partial charge in [-0.2, -0.15) is 0 Å². The van der Waals surface area contributed by atoms with Crippen LogP contribution in [0.25, 0.3) is 0 Å². The number of aliphatic carboxylic acids is 2. The molecule has 0 spiro atoms. The smallest absolute Gasteiger partial charge is 0.309 e. The molecule has 2 bridgehead atoms. The topological polar surface area (TPSA) is 91.7 Å². The lowest BCUT2D eigenvalue weighted by Gasteiger charge is -2.36. The van der Waals surface area contributed by atoms with E-state index in [-0.39, 0.29) is 10.8 Å². The highest BCUT2D eigenvalue weighted by atomic mass is 16.4. The second-order valence-corrected chi connectivity index (χ2v) is 9.71. The molecular formula is C20H32O5. The lowest BCUT2D eigenvalue weighted by molar-refractivity contribution is -0.157. The molecule has 0 heterocycles. The minimum absolute atomic E-state index is 0.0255. The highest BCUT2D eigenvalue weighted by Gasteiger charge is 2.61. The van der Waals surface area contributed by atoms with Crippen molar-refractivity contribution in [1.29, 1.82) is 0 Å². The summed E-state index contributed by atoms with van der Waals surface area (Å²) >= 11 is 0. The Hall–Kier alpha value is -1.39. The van der Waals surface area contributed by atoms with E-state index in [9.17, 15) is 14.4 Å². The minimum atomic E-state index is -0.921. The van der Waals surface area contributed by atoms with E-state index in [4.69, 9.17) is 10.2 Å². The molecule has 142 valence electrons. The molecule has 3 rings (SSSR count). The van der Waals surface area contributed by atoms with E-state index in [1.54, 1.807) is 20.8 Å². The van der Waals surface area contributed by atoms with Crippen molar-refractivity contribution in [1.82, 2.24) is 0 Å². The number of rotatable bonds is 2. The van der Waals surface area contributed by atoms with E-state index in [0.29, 0.717) is 24.5 Å². The van der Waals surface area contributed by atoms with Crippen LogP contribution < -0.4 is 0 Å². The predicted octanol–water partition coefficient (Wildman–Crippen LogP) is 4.00. The lowest BCUT2D eigenvalue weighted by atomic mass is 9.66. The van der Waals surface area contributed by atoms with Crippen molar-refractivity contribution in [2.24, 2.45) is 33.5 Å². The summed E-state index contributed by atoms with van der Waals surface area (Å²) in [5.41, 5.74) is -1.30. The Morgan fingerprint density at radius 3 is 1.68 bits per heavy atom. The van der Waals surface area contributed by atoms with E-state index < -0.39 is 28.7 Å². The summed E-state index contributed by atoms with van der Waals surface area (Å²) in [5, 5.41) is 18.1. The van der Waals surface area contributed by atoms with Gasteiger partial charge in [-0.3, -0.25) is 14.4 Å². The van der Waals surface area contributed by atoms with Crippen molar-refractivity contribution in [3.05, 3.63) is 0 Å². The Kier molecular flexibility index (Phi) is 4.64. The molecule has 3 aliphatic carbocycles. The molecule has 0 radical (unpaired) electrons. The largest absolute Gasteiger partial charge is 0.481 e. The predicted molar refractivity (Wildman–Crippen MR) is 94.1 cm³/mol. The summed E-state index contributed by atoms with van der Waals surface area (Å²) in [6.45, 7) is 11.8. The van der Waals surface area contributed by atoms with Gasteiger partial charge in [0, 0.05) is 11.8 Å². The summed E-state index contributed by atoms with van der Waals surface area (Å²) in [4.78, 5) is 33.6. The summed E-state index contributed by atoms with van der Waals surface area (Å²) in [5.74, 6) is -1.14. The average molecular weight is 352 g/mol. The van der Waals surface area contributed by atoms with Crippen molar-refractivity contribution in [2.75, 3.05) is 0 Å². The molecule has 0 aromatic carbocycles. The molecule has 0 saturated heterocycles. The van der Waals surface area contributed by atoms with Crippen LogP contribution in [0, 0.1) is 33.5 Å².